The minimum absolute atomic E-state index is 0.0117. The molecule has 1 amide bonds. The van der Waals surface area contributed by atoms with Gasteiger partial charge in [0.05, 0.1) is 17.2 Å². The molecule has 26 heavy (non-hydrogen) atoms. The topological polar surface area (TPSA) is 110 Å². The summed E-state index contributed by atoms with van der Waals surface area (Å²) in [6.07, 6.45) is 3.31. The standard InChI is InChI=1S/C19H22N4O3/c1-11(2)25-17-7-15-14(6-16(17)18(21)24)12(8-20)9-23-19(15)26-13-4-3-5-22-10-13/h6-7,9,11,13,22H,3-5,10H2,1-2H3,(H2,21,24). The van der Waals surface area contributed by atoms with Gasteiger partial charge in [0, 0.05) is 23.5 Å². The van der Waals surface area contributed by atoms with E-state index < -0.39 is 5.91 Å². The number of ether oxygens (including phenoxy) is 2. The van der Waals surface area contributed by atoms with Crippen molar-refractivity contribution in [3.8, 4) is 17.7 Å². The molecule has 0 saturated carbocycles. The van der Waals surface area contributed by atoms with Crippen LogP contribution >= 0.6 is 0 Å². The van der Waals surface area contributed by atoms with Crippen molar-refractivity contribution in [2.24, 2.45) is 5.73 Å². The van der Waals surface area contributed by atoms with Crippen LogP contribution in [0.25, 0.3) is 10.8 Å². The highest BCUT2D eigenvalue weighted by Gasteiger charge is 2.20. The van der Waals surface area contributed by atoms with Gasteiger partial charge in [-0.3, -0.25) is 4.79 Å². The zero-order chi connectivity index (χ0) is 18.7. The molecule has 7 nitrogen and oxygen atoms in total. The molecule has 1 aliphatic heterocycles. The number of aromatic nitrogens is 1. The first-order valence-electron chi connectivity index (χ1n) is 8.70. The number of nitriles is 1. The number of primary amides is 1. The monoisotopic (exact) mass is 354 g/mol. The van der Waals surface area contributed by atoms with E-state index in [0.29, 0.717) is 28.0 Å². The van der Waals surface area contributed by atoms with Crippen LogP contribution in [0.2, 0.25) is 0 Å². The summed E-state index contributed by atoms with van der Waals surface area (Å²) >= 11 is 0. The Hall–Kier alpha value is -2.85. The number of carbonyl (C=O) groups excluding carboxylic acids is 1. The molecular formula is C19H22N4O3. The Bertz CT molecular complexity index is 867. The molecule has 1 unspecified atom stereocenters. The molecule has 0 radical (unpaired) electrons. The molecule has 1 fully saturated rings. The average molecular weight is 354 g/mol. The summed E-state index contributed by atoms with van der Waals surface area (Å²) in [5, 5.41) is 13.9. The number of rotatable bonds is 5. The lowest BCUT2D eigenvalue weighted by molar-refractivity contribution is 0.0994. The Labute approximate surface area is 152 Å². The maximum atomic E-state index is 11.9. The average Bonchev–Trinajstić information content (AvgIpc) is 2.62. The minimum Gasteiger partial charge on any atom is -0.490 e. The summed E-state index contributed by atoms with van der Waals surface area (Å²) in [5.41, 5.74) is 6.09. The highest BCUT2D eigenvalue weighted by atomic mass is 16.5. The number of hydrogen-bond donors (Lipinski definition) is 2. The van der Waals surface area contributed by atoms with Crippen molar-refractivity contribution in [3.63, 3.8) is 0 Å². The van der Waals surface area contributed by atoms with Crippen molar-refractivity contribution >= 4 is 16.7 Å². The number of carbonyl (C=O) groups is 1. The molecule has 1 aromatic heterocycles. The van der Waals surface area contributed by atoms with Crippen LogP contribution in [-0.2, 0) is 0 Å². The van der Waals surface area contributed by atoms with E-state index in [-0.39, 0.29) is 17.8 Å². The molecule has 1 aromatic carbocycles. The van der Waals surface area contributed by atoms with E-state index in [4.69, 9.17) is 15.2 Å². The fourth-order valence-corrected chi connectivity index (χ4v) is 3.05. The van der Waals surface area contributed by atoms with Crippen molar-refractivity contribution in [2.75, 3.05) is 13.1 Å². The molecule has 7 heteroatoms. The van der Waals surface area contributed by atoms with Crippen molar-refractivity contribution in [1.82, 2.24) is 10.3 Å². The zero-order valence-electron chi connectivity index (χ0n) is 14.9. The molecular weight excluding hydrogens is 332 g/mol. The number of piperidine rings is 1. The number of hydrogen-bond acceptors (Lipinski definition) is 6. The van der Waals surface area contributed by atoms with Gasteiger partial charge in [0.25, 0.3) is 5.91 Å². The highest BCUT2D eigenvalue weighted by Crippen LogP contribution is 2.34. The molecule has 2 aromatic rings. The van der Waals surface area contributed by atoms with Crippen LogP contribution in [-0.4, -0.2) is 36.2 Å². The van der Waals surface area contributed by atoms with Gasteiger partial charge in [-0.05, 0) is 45.4 Å². The maximum Gasteiger partial charge on any atom is 0.252 e. The van der Waals surface area contributed by atoms with Gasteiger partial charge >= 0.3 is 0 Å². The van der Waals surface area contributed by atoms with Gasteiger partial charge in [0.1, 0.15) is 17.9 Å². The number of pyridine rings is 1. The molecule has 2 heterocycles. The predicted molar refractivity (Wildman–Crippen MR) is 97.3 cm³/mol. The smallest absolute Gasteiger partial charge is 0.252 e. The van der Waals surface area contributed by atoms with Crippen molar-refractivity contribution < 1.29 is 14.3 Å². The Balaban J connectivity index is 2.13. The second kappa shape index (κ2) is 7.58. The van der Waals surface area contributed by atoms with Gasteiger partial charge in [-0.15, -0.1) is 0 Å². The first-order valence-corrected chi connectivity index (χ1v) is 8.70. The van der Waals surface area contributed by atoms with E-state index in [2.05, 4.69) is 16.4 Å². The summed E-state index contributed by atoms with van der Waals surface area (Å²) in [4.78, 5) is 16.2. The van der Waals surface area contributed by atoms with Crippen LogP contribution in [0, 0.1) is 11.3 Å². The largest absolute Gasteiger partial charge is 0.490 e. The normalized spacial score (nSPS) is 17.1. The van der Waals surface area contributed by atoms with Crippen molar-refractivity contribution in [2.45, 2.75) is 38.9 Å². The molecule has 3 rings (SSSR count). The summed E-state index contributed by atoms with van der Waals surface area (Å²) in [6.45, 7) is 5.46. The molecule has 0 bridgehead atoms. The van der Waals surface area contributed by atoms with Gasteiger partial charge in [-0.2, -0.15) is 5.26 Å². The molecule has 136 valence electrons. The summed E-state index contributed by atoms with van der Waals surface area (Å²) < 4.78 is 11.8. The van der Waals surface area contributed by atoms with Gasteiger partial charge < -0.3 is 20.5 Å². The quantitative estimate of drug-likeness (QED) is 0.851. The Kier molecular flexibility index (Phi) is 5.24. The van der Waals surface area contributed by atoms with Crippen LogP contribution < -0.4 is 20.5 Å². The molecule has 0 spiro atoms. The van der Waals surface area contributed by atoms with Crippen LogP contribution in [0.1, 0.15) is 42.6 Å². The summed E-state index contributed by atoms with van der Waals surface area (Å²) in [7, 11) is 0. The van der Waals surface area contributed by atoms with E-state index in [1.165, 1.54) is 6.20 Å². The van der Waals surface area contributed by atoms with E-state index in [0.717, 1.165) is 25.9 Å². The summed E-state index contributed by atoms with van der Waals surface area (Å²) in [5.74, 6) is 0.183. The lowest BCUT2D eigenvalue weighted by atomic mass is 10.0. The predicted octanol–water partition coefficient (Wildman–Crippen LogP) is 2.12. The fourth-order valence-electron chi connectivity index (χ4n) is 3.05. The van der Waals surface area contributed by atoms with Crippen LogP contribution in [0.4, 0.5) is 0 Å². The first kappa shape index (κ1) is 18.0. The number of nitrogens with one attached hydrogen (secondary N) is 1. The van der Waals surface area contributed by atoms with E-state index in [9.17, 15) is 10.1 Å². The lowest BCUT2D eigenvalue weighted by Gasteiger charge is -2.24. The van der Waals surface area contributed by atoms with Gasteiger partial charge in [0.2, 0.25) is 5.88 Å². The van der Waals surface area contributed by atoms with Crippen LogP contribution in [0.3, 0.4) is 0 Å². The number of benzene rings is 1. The Morgan fingerprint density at radius 2 is 2.23 bits per heavy atom. The van der Waals surface area contributed by atoms with Crippen LogP contribution in [0.15, 0.2) is 18.3 Å². The minimum atomic E-state index is -0.609. The lowest BCUT2D eigenvalue weighted by Crippen LogP contribution is -2.37. The van der Waals surface area contributed by atoms with Crippen molar-refractivity contribution in [1.29, 1.82) is 5.26 Å². The number of nitrogens with two attached hydrogens (primary N) is 1. The fraction of sp³-hybridized carbons (Fsp3) is 0.421. The molecule has 1 aliphatic rings. The third-order valence-corrected chi connectivity index (χ3v) is 4.23. The van der Waals surface area contributed by atoms with Crippen molar-refractivity contribution in [3.05, 3.63) is 29.5 Å². The van der Waals surface area contributed by atoms with E-state index >= 15 is 0 Å². The number of amides is 1. The van der Waals surface area contributed by atoms with Gasteiger partial charge in [-0.1, -0.05) is 0 Å². The second-order valence-electron chi connectivity index (χ2n) is 6.60. The Morgan fingerprint density at radius 1 is 1.42 bits per heavy atom. The Morgan fingerprint density at radius 3 is 2.85 bits per heavy atom. The molecule has 0 aliphatic carbocycles. The second-order valence-corrected chi connectivity index (χ2v) is 6.60. The number of fused-ring (bicyclic) bond motifs is 1. The van der Waals surface area contributed by atoms with Gasteiger partial charge in [0.15, 0.2) is 0 Å². The van der Waals surface area contributed by atoms with E-state index in [1.807, 2.05) is 13.8 Å². The highest BCUT2D eigenvalue weighted by molar-refractivity contribution is 6.03. The number of nitrogens with zero attached hydrogens (tertiary/aromatic N) is 2. The zero-order valence-corrected chi connectivity index (χ0v) is 14.9. The third-order valence-electron chi connectivity index (χ3n) is 4.23. The molecule has 1 atom stereocenters. The third kappa shape index (κ3) is 3.70. The van der Waals surface area contributed by atoms with Crippen LogP contribution in [0.5, 0.6) is 11.6 Å². The van der Waals surface area contributed by atoms with E-state index in [1.54, 1.807) is 12.1 Å². The molecule has 3 N–H and O–H groups in total. The SMILES string of the molecule is CC(C)Oc1cc2c(OC3CCCNC3)ncc(C#N)c2cc1C(N)=O. The molecule has 1 saturated heterocycles. The van der Waals surface area contributed by atoms with Gasteiger partial charge in [-0.25, -0.2) is 4.98 Å². The maximum absolute atomic E-state index is 11.9. The first-order chi connectivity index (χ1) is 12.5. The summed E-state index contributed by atoms with van der Waals surface area (Å²) in [6, 6.07) is 5.38.